The topological polar surface area (TPSA) is 12.9 Å². The Morgan fingerprint density at radius 2 is 2.86 bits per heavy atom. The van der Waals surface area contributed by atoms with Gasteiger partial charge in [-0.3, -0.25) is 0 Å². The maximum absolute atomic E-state index is 3.74. The van der Waals surface area contributed by atoms with E-state index in [1.807, 2.05) is 5.38 Å². The highest BCUT2D eigenvalue weighted by Gasteiger charge is 1.81. The molecule has 0 saturated carbocycles. The Balaban J connectivity index is 2.96. The minimum Gasteiger partial charge on any atom is -0.190 e. The van der Waals surface area contributed by atoms with Crippen LogP contribution in [0.25, 0.3) is 6.08 Å². The van der Waals surface area contributed by atoms with E-state index >= 15 is 0 Å². The van der Waals surface area contributed by atoms with Gasteiger partial charge in [0.25, 0.3) is 0 Å². The van der Waals surface area contributed by atoms with Gasteiger partial charge in [-0.25, -0.2) is 0 Å². The molecule has 0 aliphatic heterocycles. The van der Waals surface area contributed by atoms with Crippen molar-refractivity contribution < 1.29 is 0 Å². The Labute approximate surface area is 46.5 Å². The van der Waals surface area contributed by atoms with Crippen LogP contribution >= 0.6 is 11.5 Å². The summed E-state index contributed by atoms with van der Waals surface area (Å²) in [6.45, 7) is 3.54. The second-order valence-corrected chi connectivity index (χ2v) is 1.71. The molecule has 0 aliphatic carbocycles. The third kappa shape index (κ3) is 0.871. The van der Waals surface area contributed by atoms with E-state index in [2.05, 4.69) is 17.1 Å². The maximum Gasteiger partial charge on any atom is 0.111 e. The van der Waals surface area contributed by atoms with Gasteiger partial charge in [0.2, 0.25) is 0 Å². The van der Waals surface area contributed by atoms with Crippen LogP contribution < -0.4 is 0 Å². The summed E-state index contributed by atoms with van der Waals surface area (Å²) in [5, 5.41) is 1.90. The first kappa shape index (κ1) is 4.53. The maximum atomic E-state index is 3.74. The summed E-state index contributed by atoms with van der Waals surface area (Å²) in [5.41, 5.74) is 0.977. The second-order valence-electron chi connectivity index (χ2n) is 1.09. The van der Waals surface area contributed by atoms with Gasteiger partial charge >= 0.3 is 0 Å². The fraction of sp³-hybridized carbons (Fsp3) is 0. The number of rotatable bonds is 1. The highest BCUT2D eigenvalue weighted by atomic mass is 32.1. The van der Waals surface area contributed by atoms with Crippen molar-refractivity contribution in [2.24, 2.45) is 0 Å². The molecule has 1 aromatic heterocycles. The molecule has 1 radical (unpaired) electrons. The van der Waals surface area contributed by atoms with Crippen LogP contribution in [-0.2, 0) is 0 Å². The Morgan fingerprint density at radius 1 is 2.00 bits per heavy atom. The van der Waals surface area contributed by atoms with Crippen molar-refractivity contribution >= 4 is 17.6 Å². The van der Waals surface area contributed by atoms with Crippen LogP contribution in [0, 0.1) is 6.20 Å². The number of nitrogens with zero attached hydrogens (tertiary/aromatic N) is 1. The van der Waals surface area contributed by atoms with E-state index in [1.54, 1.807) is 6.08 Å². The molecular formula is C5H4NS. The van der Waals surface area contributed by atoms with E-state index in [4.69, 9.17) is 0 Å². The molecule has 1 heterocycles. The van der Waals surface area contributed by atoms with Gasteiger partial charge in [0.05, 0.1) is 0 Å². The first-order chi connectivity index (χ1) is 3.43. The Morgan fingerprint density at radius 3 is 3.14 bits per heavy atom. The molecule has 0 atom stereocenters. The standard InChI is InChI=1S/C5H4NS/c1-2-5-3-6-7-4-5/h2,4H,1H2. The van der Waals surface area contributed by atoms with E-state index in [1.165, 1.54) is 11.5 Å². The molecule has 1 nitrogen and oxygen atoms in total. The molecule has 1 rings (SSSR count). The molecule has 0 aromatic carbocycles. The van der Waals surface area contributed by atoms with Crippen molar-refractivity contribution in [1.82, 2.24) is 4.37 Å². The summed E-state index contributed by atoms with van der Waals surface area (Å²) in [6.07, 6.45) is 4.46. The summed E-state index contributed by atoms with van der Waals surface area (Å²) < 4.78 is 3.74. The highest BCUT2D eigenvalue weighted by Crippen LogP contribution is 1.99. The van der Waals surface area contributed by atoms with Gasteiger partial charge in [-0.1, -0.05) is 12.7 Å². The van der Waals surface area contributed by atoms with Gasteiger partial charge in [0.15, 0.2) is 0 Å². The van der Waals surface area contributed by atoms with Crippen molar-refractivity contribution in [3.05, 3.63) is 23.7 Å². The number of hydrogen-bond acceptors (Lipinski definition) is 2. The van der Waals surface area contributed by atoms with Crippen LogP contribution in [0.15, 0.2) is 12.0 Å². The molecule has 0 N–H and O–H groups in total. The third-order valence-electron chi connectivity index (χ3n) is 0.627. The molecule has 0 unspecified atom stereocenters. The molecule has 0 spiro atoms. The first-order valence-corrected chi connectivity index (χ1v) is 2.71. The van der Waals surface area contributed by atoms with E-state index in [9.17, 15) is 0 Å². The van der Waals surface area contributed by atoms with Crippen molar-refractivity contribution in [2.45, 2.75) is 0 Å². The van der Waals surface area contributed by atoms with E-state index < -0.39 is 0 Å². The lowest BCUT2D eigenvalue weighted by Gasteiger charge is -1.67. The van der Waals surface area contributed by atoms with E-state index in [0.717, 1.165) is 5.56 Å². The zero-order valence-corrected chi connectivity index (χ0v) is 4.53. The van der Waals surface area contributed by atoms with Gasteiger partial charge in [0.1, 0.15) is 6.20 Å². The third-order valence-corrected chi connectivity index (χ3v) is 1.18. The largest absolute Gasteiger partial charge is 0.190 e. The summed E-state index contributed by atoms with van der Waals surface area (Å²) in [4.78, 5) is 0. The van der Waals surface area contributed by atoms with Gasteiger partial charge in [-0.15, -0.1) is 0 Å². The van der Waals surface area contributed by atoms with Crippen molar-refractivity contribution in [3.63, 3.8) is 0 Å². The van der Waals surface area contributed by atoms with Crippen LogP contribution in [0.4, 0.5) is 0 Å². The average Bonchev–Trinajstić information content (AvgIpc) is 2.14. The summed E-state index contributed by atoms with van der Waals surface area (Å²) in [6, 6.07) is 0. The summed E-state index contributed by atoms with van der Waals surface area (Å²) >= 11 is 1.39. The molecular weight excluding hydrogens is 106 g/mol. The quantitative estimate of drug-likeness (QED) is 0.535. The van der Waals surface area contributed by atoms with Crippen LogP contribution in [0.2, 0.25) is 0 Å². The van der Waals surface area contributed by atoms with Crippen molar-refractivity contribution in [1.29, 1.82) is 0 Å². The number of aromatic nitrogens is 1. The molecule has 0 fully saturated rings. The van der Waals surface area contributed by atoms with Crippen LogP contribution in [0.1, 0.15) is 5.56 Å². The van der Waals surface area contributed by atoms with Gasteiger partial charge in [-0.05, 0) is 11.5 Å². The zero-order chi connectivity index (χ0) is 5.11. The van der Waals surface area contributed by atoms with Crippen molar-refractivity contribution in [3.8, 4) is 0 Å². The minimum atomic E-state index is 0.977. The second kappa shape index (κ2) is 1.89. The summed E-state index contributed by atoms with van der Waals surface area (Å²) in [5.74, 6) is 0. The highest BCUT2D eigenvalue weighted by molar-refractivity contribution is 7.03. The van der Waals surface area contributed by atoms with E-state index in [0.29, 0.717) is 0 Å². The molecule has 0 bridgehead atoms. The Hall–Kier alpha value is -0.630. The SMILES string of the molecule is C=Cc1[c]nsc1. The molecule has 0 aliphatic rings. The normalized spacial score (nSPS) is 8.57. The van der Waals surface area contributed by atoms with Crippen LogP contribution in [0.3, 0.4) is 0 Å². The molecule has 0 amide bonds. The van der Waals surface area contributed by atoms with Gasteiger partial charge in [0, 0.05) is 10.9 Å². The first-order valence-electron chi connectivity index (χ1n) is 1.88. The Kier molecular flexibility index (Phi) is 1.22. The smallest absolute Gasteiger partial charge is 0.111 e. The van der Waals surface area contributed by atoms with Crippen LogP contribution in [0.5, 0.6) is 0 Å². The van der Waals surface area contributed by atoms with Gasteiger partial charge in [-0.2, -0.15) is 4.37 Å². The van der Waals surface area contributed by atoms with Crippen LogP contribution in [-0.4, -0.2) is 4.37 Å². The lowest BCUT2D eigenvalue weighted by atomic mass is 10.4. The molecule has 7 heavy (non-hydrogen) atoms. The lowest BCUT2D eigenvalue weighted by molar-refractivity contribution is 1.54. The number of hydrogen-bond donors (Lipinski definition) is 0. The predicted octanol–water partition coefficient (Wildman–Crippen LogP) is 1.59. The lowest BCUT2D eigenvalue weighted by Crippen LogP contribution is -1.54. The molecule has 2 heteroatoms. The van der Waals surface area contributed by atoms with E-state index in [-0.39, 0.29) is 0 Å². The monoisotopic (exact) mass is 110 g/mol. The van der Waals surface area contributed by atoms with Gasteiger partial charge < -0.3 is 0 Å². The van der Waals surface area contributed by atoms with Crippen molar-refractivity contribution in [2.75, 3.05) is 0 Å². The zero-order valence-electron chi connectivity index (χ0n) is 3.72. The molecule has 35 valence electrons. The average molecular weight is 110 g/mol. The molecule has 1 aromatic rings. The Bertz CT molecular complexity index is 143. The molecule has 0 saturated heterocycles. The summed E-state index contributed by atoms with van der Waals surface area (Å²) in [7, 11) is 0. The predicted molar refractivity (Wildman–Crippen MR) is 31.0 cm³/mol. The fourth-order valence-corrected chi connectivity index (χ4v) is 0.756. The fourth-order valence-electron chi connectivity index (χ4n) is 0.282. The minimum absolute atomic E-state index is 0.977.